The van der Waals surface area contributed by atoms with E-state index in [0.717, 1.165) is 66.7 Å². The molecular formula is C25H34N11O5S2+. The number of hydrogen-bond acceptors (Lipinski definition) is 13. The lowest BCUT2D eigenvalue weighted by molar-refractivity contribution is -0.945. The van der Waals surface area contributed by atoms with Gasteiger partial charge in [0.25, 0.3) is 11.8 Å². The van der Waals surface area contributed by atoms with Gasteiger partial charge < -0.3 is 31.2 Å². The average Bonchev–Trinajstić information content (AvgIpc) is 3.76. The summed E-state index contributed by atoms with van der Waals surface area (Å²) in [5, 5.41) is 32.0. The molecule has 6 heterocycles. The number of oxime groups is 1. The number of rotatable bonds is 10. The van der Waals surface area contributed by atoms with Gasteiger partial charge in [0.2, 0.25) is 11.4 Å². The average molecular weight is 633 g/mol. The minimum absolute atomic E-state index is 0.0540. The van der Waals surface area contributed by atoms with Gasteiger partial charge in [-0.2, -0.15) is 5.21 Å². The molecule has 16 nitrogen and oxygen atoms in total. The van der Waals surface area contributed by atoms with Crippen molar-refractivity contribution in [1.82, 2.24) is 35.8 Å². The van der Waals surface area contributed by atoms with Crippen molar-refractivity contribution in [2.75, 3.05) is 37.7 Å². The number of nitrogens with two attached hydrogens (primary N) is 2. The molecule has 2 amide bonds. The number of carboxylic acids is 1. The van der Waals surface area contributed by atoms with Crippen LogP contribution in [0.1, 0.15) is 51.0 Å². The zero-order valence-corrected chi connectivity index (χ0v) is 25.4. The maximum Gasteiger partial charge on any atom is 0.350 e. The van der Waals surface area contributed by atoms with E-state index in [1.54, 1.807) is 16.7 Å². The fourth-order valence-electron chi connectivity index (χ4n) is 6.78. The van der Waals surface area contributed by atoms with Crippen molar-refractivity contribution in [3.8, 4) is 0 Å². The highest BCUT2D eigenvalue weighted by molar-refractivity contribution is 8.00. The van der Waals surface area contributed by atoms with Gasteiger partial charge in [-0.05, 0) is 19.1 Å². The Morgan fingerprint density at radius 2 is 2.09 bits per heavy atom. The Morgan fingerprint density at radius 1 is 1.35 bits per heavy atom. The maximum atomic E-state index is 13.7. The molecule has 18 heteroatoms. The zero-order chi connectivity index (χ0) is 30.6. The first-order chi connectivity index (χ1) is 20.5. The molecule has 3 saturated heterocycles. The minimum Gasteiger partial charge on any atom is -0.478 e. The van der Waals surface area contributed by atoms with E-state index in [4.69, 9.17) is 16.3 Å². The highest BCUT2D eigenvalue weighted by atomic mass is 32.2. The number of thiazole rings is 1. The number of nitrogen functional groups attached to an aromatic ring is 1. The summed E-state index contributed by atoms with van der Waals surface area (Å²) in [7, 11) is 0. The number of hydrogen-bond donors (Lipinski definition) is 5. The van der Waals surface area contributed by atoms with Gasteiger partial charge in [-0.1, -0.05) is 5.16 Å². The highest BCUT2D eigenvalue weighted by Crippen LogP contribution is 2.49. The molecular weight excluding hydrogens is 598 g/mol. The normalized spacial score (nSPS) is 28.9. The van der Waals surface area contributed by atoms with Gasteiger partial charge in [-0.3, -0.25) is 14.5 Å². The number of H-pyrrole nitrogens is 1. The molecule has 0 aliphatic carbocycles. The van der Waals surface area contributed by atoms with E-state index >= 15 is 0 Å². The summed E-state index contributed by atoms with van der Waals surface area (Å²) in [5.41, 5.74) is 12.0. The van der Waals surface area contributed by atoms with Crippen LogP contribution in [0.3, 0.4) is 0 Å². The van der Waals surface area contributed by atoms with Gasteiger partial charge in [0.1, 0.15) is 29.2 Å². The van der Waals surface area contributed by atoms with E-state index in [2.05, 4.69) is 36.1 Å². The Morgan fingerprint density at radius 3 is 2.70 bits per heavy atom. The summed E-state index contributed by atoms with van der Waals surface area (Å²) in [6.45, 7) is 6.07. The second kappa shape index (κ2) is 10.8. The number of fused-ring (bicyclic) bond motifs is 2. The Bertz CT molecular complexity index is 1490. The van der Waals surface area contributed by atoms with Crippen LogP contribution in [0.25, 0.3) is 5.70 Å². The first-order valence-corrected chi connectivity index (χ1v) is 15.9. The number of anilines is 1. The van der Waals surface area contributed by atoms with Crippen LogP contribution in [0.4, 0.5) is 5.13 Å². The molecule has 0 aromatic carbocycles. The van der Waals surface area contributed by atoms with Crippen molar-refractivity contribution in [2.45, 2.75) is 62.1 Å². The second-order valence-corrected chi connectivity index (χ2v) is 13.8. The van der Waals surface area contributed by atoms with Crippen LogP contribution < -0.4 is 16.8 Å². The molecule has 2 aromatic rings. The van der Waals surface area contributed by atoms with Crippen molar-refractivity contribution < 1.29 is 28.8 Å². The number of nitrogens with zero attached hydrogens (tertiary/aromatic N) is 7. The number of aliphatic carboxylic acids is 1. The fraction of sp³-hybridized carbons (Fsp3) is 0.600. The number of quaternary nitrogens is 1. The van der Waals surface area contributed by atoms with Gasteiger partial charge >= 0.3 is 5.97 Å². The third kappa shape index (κ3) is 4.85. The molecule has 230 valence electrons. The Labute approximate surface area is 254 Å². The summed E-state index contributed by atoms with van der Waals surface area (Å²) in [6.07, 6.45) is 4.44. The number of thioether (sulfide) groups is 1. The van der Waals surface area contributed by atoms with Crippen molar-refractivity contribution in [3.63, 3.8) is 0 Å². The predicted molar refractivity (Wildman–Crippen MR) is 157 cm³/mol. The van der Waals surface area contributed by atoms with Crippen LogP contribution in [-0.2, 0) is 19.2 Å². The molecule has 0 radical (unpaired) electrons. The molecule has 2 atom stereocenters. The van der Waals surface area contributed by atoms with Crippen LogP contribution >= 0.6 is 23.1 Å². The molecule has 7 N–H and O–H groups in total. The van der Waals surface area contributed by atoms with Crippen LogP contribution in [-0.4, -0.2) is 118 Å². The first kappa shape index (κ1) is 29.5. The lowest BCUT2D eigenvalue weighted by Crippen LogP contribution is -2.70. The number of tetrazole rings is 1. The van der Waals surface area contributed by atoms with Gasteiger partial charge in [-0.15, -0.1) is 33.3 Å². The number of aromatic nitrogens is 5. The largest absolute Gasteiger partial charge is 0.478 e. The number of carbonyl (C=O) groups excluding carboxylic acids is 2. The summed E-state index contributed by atoms with van der Waals surface area (Å²) in [5.74, 6) is -1.41. The SMILES string of the molecule is CC(C)(O/N=C(\C(=O)N[C@@H]1C(=O)N2C(c3nn[nH]n3)=C(C[N+]34CCCC3(CN)CCC4)CS[C@H]12)c1csc(N)n1)C(=O)O. The van der Waals surface area contributed by atoms with E-state index in [-0.39, 0.29) is 28.0 Å². The lowest BCUT2D eigenvalue weighted by atomic mass is 9.92. The van der Waals surface area contributed by atoms with Crippen molar-refractivity contribution >= 4 is 57.4 Å². The van der Waals surface area contributed by atoms with Crippen LogP contribution in [0.5, 0.6) is 0 Å². The topological polar surface area (TPSA) is 228 Å². The monoisotopic (exact) mass is 632 g/mol. The van der Waals surface area contributed by atoms with E-state index in [1.165, 1.54) is 19.2 Å². The number of nitrogens with one attached hydrogen (secondary N) is 2. The number of aromatic amines is 1. The minimum atomic E-state index is -1.71. The Balaban J connectivity index is 1.26. The summed E-state index contributed by atoms with van der Waals surface area (Å²) in [4.78, 5) is 49.6. The van der Waals surface area contributed by atoms with Crippen LogP contribution in [0.15, 0.2) is 16.1 Å². The lowest BCUT2D eigenvalue weighted by Gasteiger charge is -2.51. The first-order valence-electron chi connectivity index (χ1n) is 14.0. The van der Waals surface area contributed by atoms with Gasteiger partial charge in [0, 0.05) is 48.9 Å². The summed E-state index contributed by atoms with van der Waals surface area (Å²) >= 11 is 2.64. The quantitative estimate of drug-likeness (QED) is 0.0987. The molecule has 43 heavy (non-hydrogen) atoms. The van der Waals surface area contributed by atoms with Crippen molar-refractivity contribution in [1.29, 1.82) is 0 Å². The molecule has 4 aliphatic rings. The van der Waals surface area contributed by atoms with Crippen LogP contribution in [0.2, 0.25) is 0 Å². The molecule has 0 bridgehead atoms. The maximum absolute atomic E-state index is 13.7. The van der Waals surface area contributed by atoms with E-state index in [0.29, 0.717) is 23.8 Å². The molecule has 6 rings (SSSR count). The smallest absolute Gasteiger partial charge is 0.350 e. The molecule has 0 saturated carbocycles. The molecule has 2 aromatic heterocycles. The summed E-state index contributed by atoms with van der Waals surface area (Å²) in [6, 6.07) is -0.886. The fourth-order valence-corrected chi connectivity index (χ4v) is 8.67. The van der Waals surface area contributed by atoms with Crippen LogP contribution in [0, 0.1) is 0 Å². The van der Waals surface area contributed by atoms with Gasteiger partial charge in [0.15, 0.2) is 10.8 Å². The van der Waals surface area contributed by atoms with Crippen molar-refractivity contribution in [2.24, 2.45) is 10.9 Å². The molecule has 0 unspecified atom stereocenters. The number of carboxylic acid groups (broad SMARTS) is 1. The predicted octanol–water partition coefficient (Wildman–Crippen LogP) is -0.265. The molecule has 4 aliphatic heterocycles. The van der Waals surface area contributed by atoms with Gasteiger partial charge in [-0.25, -0.2) is 9.78 Å². The van der Waals surface area contributed by atoms with Crippen molar-refractivity contribution in [3.05, 3.63) is 22.5 Å². The third-order valence-corrected chi connectivity index (χ3v) is 11.1. The second-order valence-electron chi connectivity index (χ2n) is 11.9. The standard InChI is InChI=1S/C25H33N11O5S2/c1-24(2,22(39)40)41-32-15(14-11-43-23(27)28-14)19(37)29-16-20(38)35-17(18-30-33-34-31-18)13(10-42-21(16)35)9-36-7-3-5-25(36,12-26)6-4-8-36/h11,16,21H,3-10,12,26H2,1-2H3,(H4-,27,28,29,30,31,33,34,37,39,40)/p+1/b32-15-/t16-,21-,25?,36?/m1/s1. The Hall–Kier alpha value is -3.61. The highest BCUT2D eigenvalue weighted by Gasteiger charge is 2.59. The number of amides is 2. The third-order valence-electron chi connectivity index (χ3n) is 9.09. The number of carbonyl (C=O) groups is 3. The van der Waals surface area contributed by atoms with E-state index in [1.807, 2.05) is 0 Å². The zero-order valence-electron chi connectivity index (χ0n) is 23.8. The Kier molecular flexibility index (Phi) is 7.42. The molecule has 0 spiro atoms. The van der Waals surface area contributed by atoms with E-state index < -0.39 is 28.9 Å². The van der Waals surface area contributed by atoms with Gasteiger partial charge in [0.05, 0.1) is 18.8 Å². The number of β-lactam (4-membered cyclic amide) rings is 1. The summed E-state index contributed by atoms with van der Waals surface area (Å²) < 4.78 is 0.914. The van der Waals surface area contributed by atoms with E-state index in [9.17, 15) is 19.5 Å². The molecule has 3 fully saturated rings.